The molecule has 1 amide bonds. The van der Waals surface area contributed by atoms with E-state index in [1.165, 1.54) is 12.8 Å². The highest BCUT2D eigenvalue weighted by Gasteiger charge is 2.47. The smallest absolute Gasteiger partial charge is 0.254 e. The molecule has 12 heteroatoms. The predicted octanol–water partition coefficient (Wildman–Crippen LogP) is 4.06. The van der Waals surface area contributed by atoms with Crippen LogP contribution in [0.1, 0.15) is 41.6 Å². The molecule has 0 spiro atoms. The van der Waals surface area contributed by atoms with Crippen LogP contribution in [0.15, 0.2) is 67.4 Å². The molecule has 0 radical (unpaired) electrons. The number of likely N-dealkylation sites (tertiary alicyclic amines) is 1. The molecule has 5 aromatic heterocycles. The number of pyridine rings is 1. The van der Waals surface area contributed by atoms with Crippen LogP contribution in [0, 0.1) is 11.8 Å². The molecule has 2 bridgehead atoms. The second kappa shape index (κ2) is 10.5. The summed E-state index contributed by atoms with van der Waals surface area (Å²) in [5, 5.41) is 5.61. The fraction of sp³-hybridized carbons (Fsp3) is 0.353. The van der Waals surface area contributed by atoms with Crippen molar-refractivity contribution in [2.75, 3.05) is 13.7 Å². The summed E-state index contributed by atoms with van der Waals surface area (Å²) in [5.74, 6) is 2.85. The highest BCUT2D eigenvalue weighted by atomic mass is 16.5. The van der Waals surface area contributed by atoms with Crippen LogP contribution < -0.4 is 10.5 Å². The molecule has 1 saturated heterocycles. The van der Waals surface area contributed by atoms with Crippen LogP contribution in [0.2, 0.25) is 0 Å². The lowest BCUT2D eigenvalue weighted by Crippen LogP contribution is -2.41. The van der Waals surface area contributed by atoms with E-state index in [-0.39, 0.29) is 18.0 Å². The van der Waals surface area contributed by atoms with Gasteiger partial charge in [0.1, 0.15) is 16.9 Å². The normalized spacial score (nSPS) is 20.7. The van der Waals surface area contributed by atoms with E-state index in [0.29, 0.717) is 47.7 Å². The third kappa shape index (κ3) is 4.38. The lowest BCUT2D eigenvalue weighted by Gasteiger charge is -2.27. The van der Waals surface area contributed by atoms with Crippen LogP contribution in [-0.4, -0.2) is 75.4 Å². The molecule has 2 saturated carbocycles. The van der Waals surface area contributed by atoms with Crippen molar-refractivity contribution in [2.24, 2.45) is 17.6 Å². The first-order valence-electron chi connectivity index (χ1n) is 16.0. The minimum atomic E-state index is -0.0184. The molecule has 46 heavy (non-hydrogen) atoms. The minimum Gasteiger partial charge on any atom is -0.494 e. The van der Waals surface area contributed by atoms with Gasteiger partial charge in [-0.1, -0.05) is 0 Å². The van der Waals surface area contributed by atoms with Crippen LogP contribution in [0.3, 0.4) is 0 Å². The number of hydrogen-bond donors (Lipinski definition) is 1. The van der Waals surface area contributed by atoms with E-state index in [1.54, 1.807) is 30.3 Å². The zero-order chi connectivity index (χ0) is 30.9. The van der Waals surface area contributed by atoms with Crippen molar-refractivity contribution in [3.05, 3.63) is 78.5 Å². The van der Waals surface area contributed by atoms with E-state index in [9.17, 15) is 4.79 Å². The minimum absolute atomic E-state index is 0.0184. The first-order valence-corrected chi connectivity index (χ1v) is 16.0. The van der Waals surface area contributed by atoms with Crippen molar-refractivity contribution in [1.82, 2.24) is 43.8 Å². The van der Waals surface area contributed by atoms with Crippen molar-refractivity contribution in [1.29, 1.82) is 0 Å². The quantitative estimate of drug-likeness (QED) is 0.271. The Labute approximate surface area is 264 Å². The van der Waals surface area contributed by atoms with Crippen molar-refractivity contribution in [3.8, 4) is 23.2 Å². The van der Waals surface area contributed by atoms with Crippen LogP contribution >= 0.6 is 0 Å². The third-order valence-electron chi connectivity index (χ3n) is 9.94. The summed E-state index contributed by atoms with van der Waals surface area (Å²) in [5.41, 5.74) is 11.4. The first-order chi connectivity index (χ1) is 22.6. The number of imidazole rings is 1. The number of fused-ring (bicyclic) bond motifs is 4. The van der Waals surface area contributed by atoms with Gasteiger partial charge in [-0.25, -0.2) is 24.6 Å². The van der Waals surface area contributed by atoms with Gasteiger partial charge in [-0.2, -0.15) is 5.10 Å². The van der Waals surface area contributed by atoms with E-state index in [4.69, 9.17) is 20.4 Å². The number of benzene rings is 1. The molecule has 232 valence electrons. The van der Waals surface area contributed by atoms with E-state index >= 15 is 0 Å². The molecule has 9 rings (SSSR count). The summed E-state index contributed by atoms with van der Waals surface area (Å²) in [7, 11) is 1.65. The Kier molecular flexibility index (Phi) is 6.20. The standard InChI is InChI=1S/C34H34N10O2/c1-46-28-14-24(33(45)42-19-23-7-8-26(42)29(23)35)12-25-30(28)43(17-21-15-39-44(18-21)34-37-10-3-11-38-34)32(40-25)27-13-22-4-2-9-36-31(22)41(27)16-20-5-6-20/h2-4,9-15,18,20,23,26,29H,5-8,16-17,19,35H2,1H3. The van der Waals surface area contributed by atoms with Gasteiger partial charge >= 0.3 is 0 Å². The van der Waals surface area contributed by atoms with Crippen LogP contribution in [0.25, 0.3) is 39.5 Å². The third-order valence-corrected chi connectivity index (χ3v) is 9.94. The molecule has 6 aromatic rings. The van der Waals surface area contributed by atoms with Gasteiger partial charge in [0.2, 0.25) is 5.95 Å². The van der Waals surface area contributed by atoms with Crippen molar-refractivity contribution >= 4 is 28.0 Å². The van der Waals surface area contributed by atoms with Crippen LogP contribution in [0.5, 0.6) is 5.75 Å². The number of nitrogens with zero attached hydrogens (tertiary/aromatic N) is 9. The number of carbonyl (C=O) groups is 1. The van der Waals surface area contributed by atoms with Gasteiger partial charge < -0.3 is 24.5 Å². The maximum Gasteiger partial charge on any atom is 0.254 e. The van der Waals surface area contributed by atoms with E-state index in [1.807, 2.05) is 41.7 Å². The van der Waals surface area contributed by atoms with Gasteiger partial charge in [-0.15, -0.1) is 0 Å². The molecule has 3 atom stereocenters. The van der Waals surface area contributed by atoms with Crippen molar-refractivity contribution in [3.63, 3.8) is 0 Å². The number of amides is 1. The summed E-state index contributed by atoms with van der Waals surface area (Å²) >= 11 is 0. The zero-order valence-corrected chi connectivity index (χ0v) is 25.5. The molecule has 12 nitrogen and oxygen atoms in total. The molecule has 2 aliphatic carbocycles. The Morgan fingerprint density at radius 3 is 2.63 bits per heavy atom. The topological polar surface area (TPSA) is 135 Å². The number of piperidine rings is 1. The van der Waals surface area contributed by atoms with Gasteiger partial charge in [0.25, 0.3) is 5.91 Å². The summed E-state index contributed by atoms with van der Waals surface area (Å²) in [6.07, 6.45) is 13.5. The average Bonchev–Trinajstić information content (AvgIpc) is 3.40. The van der Waals surface area contributed by atoms with Crippen LogP contribution in [-0.2, 0) is 13.1 Å². The summed E-state index contributed by atoms with van der Waals surface area (Å²) in [6, 6.07) is 11.9. The molecule has 3 unspecified atom stereocenters. The number of aromatic nitrogens is 8. The summed E-state index contributed by atoms with van der Waals surface area (Å²) in [4.78, 5) is 34.6. The highest BCUT2D eigenvalue weighted by molar-refractivity contribution is 6.00. The molecule has 3 aliphatic rings. The second-order valence-electron chi connectivity index (χ2n) is 12.8. The number of ether oxygens (including phenoxy) is 1. The molecule has 1 aliphatic heterocycles. The molecule has 6 heterocycles. The molecule has 2 N–H and O–H groups in total. The average molecular weight is 615 g/mol. The first kappa shape index (κ1) is 27.2. The lowest BCUT2D eigenvalue weighted by molar-refractivity contribution is 0.0700. The van der Waals surface area contributed by atoms with Gasteiger partial charge in [-0.05, 0) is 73.9 Å². The van der Waals surface area contributed by atoms with Crippen molar-refractivity contribution in [2.45, 2.75) is 50.9 Å². The van der Waals surface area contributed by atoms with E-state index < -0.39 is 0 Å². The SMILES string of the molecule is COc1cc(C(=O)N2CC3CCC2C3N)cc2nc(-c3cc4cccnc4n3CC3CC3)n(Cc3cnn(-c4ncccn4)c3)c12. The monoisotopic (exact) mass is 614 g/mol. The fourth-order valence-electron chi connectivity index (χ4n) is 7.47. The Morgan fingerprint density at radius 1 is 1.02 bits per heavy atom. The van der Waals surface area contributed by atoms with Crippen molar-refractivity contribution < 1.29 is 9.53 Å². The Hall–Kier alpha value is -5.10. The maximum absolute atomic E-state index is 13.9. The van der Waals surface area contributed by atoms with E-state index in [0.717, 1.165) is 53.0 Å². The number of carbonyl (C=O) groups excluding carboxylic acids is 1. The predicted molar refractivity (Wildman–Crippen MR) is 172 cm³/mol. The summed E-state index contributed by atoms with van der Waals surface area (Å²) in [6.45, 7) is 2.04. The zero-order valence-electron chi connectivity index (χ0n) is 25.5. The van der Waals surface area contributed by atoms with Gasteiger partial charge in [0.05, 0.1) is 31.1 Å². The largest absolute Gasteiger partial charge is 0.494 e. The Balaban J connectivity index is 1.20. The number of methoxy groups -OCH3 is 1. The van der Waals surface area contributed by atoms with Crippen LogP contribution in [0.4, 0.5) is 0 Å². The lowest BCUT2D eigenvalue weighted by atomic mass is 10.1. The second-order valence-corrected chi connectivity index (χ2v) is 12.8. The molecular formula is C34H34N10O2. The molecule has 1 aromatic carbocycles. The number of hydrogen-bond acceptors (Lipinski definition) is 8. The summed E-state index contributed by atoms with van der Waals surface area (Å²) < 4.78 is 12.2. The highest BCUT2D eigenvalue weighted by Crippen LogP contribution is 2.40. The Morgan fingerprint density at radius 2 is 1.87 bits per heavy atom. The van der Waals surface area contributed by atoms with Gasteiger partial charge in [0, 0.05) is 66.5 Å². The maximum atomic E-state index is 13.9. The number of rotatable bonds is 8. The van der Waals surface area contributed by atoms with Gasteiger partial charge in [-0.3, -0.25) is 4.79 Å². The number of nitrogens with two attached hydrogens (primary N) is 1. The Bertz CT molecular complexity index is 2110. The molecular weight excluding hydrogens is 580 g/mol. The van der Waals surface area contributed by atoms with Gasteiger partial charge in [0.15, 0.2) is 5.82 Å². The fourth-order valence-corrected chi connectivity index (χ4v) is 7.47. The molecule has 3 fully saturated rings. The van der Waals surface area contributed by atoms with E-state index in [2.05, 4.69) is 36.3 Å².